The summed E-state index contributed by atoms with van der Waals surface area (Å²) < 4.78 is 0. The van der Waals surface area contributed by atoms with Gasteiger partial charge in [-0.15, -0.1) is 0 Å². The van der Waals surface area contributed by atoms with E-state index in [9.17, 15) is 9.59 Å². The fourth-order valence-corrected chi connectivity index (χ4v) is 6.79. The zero-order valence-corrected chi connectivity index (χ0v) is 26.8. The number of piperazine rings is 1. The van der Waals surface area contributed by atoms with E-state index in [1.165, 1.54) is 0 Å². The number of rotatable bonds is 9. The number of thiophene rings is 1. The molecule has 0 aliphatic carbocycles. The molecule has 3 heterocycles. The van der Waals surface area contributed by atoms with Crippen molar-refractivity contribution in [3.05, 3.63) is 107 Å². The van der Waals surface area contributed by atoms with Crippen LogP contribution in [0.5, 0.6) is 0 Å². The smallest absolute Gasteiger partial charge is 0.318 e. The van der Waals surface area contributed by atoms with Crippen LogP contribution < -0.4 is 15.5 Å². The predicted octanol–water partition coefficient (Wildman–Crippen LogP) is 6.60. The second-order valence-electron chi connectivity index (χ2n) is 11.9. The monoisotopic (exact) mass is 620 g/mol. The Hall–Kier alpha value is -4.60. The third kappa shape index (κ3) is 6.90. The molecule has 8 nitrogen and oxygen atoms in total. The molecule has 2 aromatic heterocycles. The first-order chi connectivity index (χ1) is 21.9. The number of nitrogens with one attached hydrogen (secondary N) is 3. The van der Waals surface area contributed by atoms with Gasteiger partial charge < -0.3 is 30.3 Å². The first-order valence-corrected chi connectivity index (χ1v) is 16.3. The fourth-order valence-electron chi connectivity index (χ4n) is 6.14. The summed E-state index contributed by atoms with van der Waals surface area (Å²) in [5, 5.41) is 11.5. The SMILES string of the molecule is CC(c1c[nH]c2ccccc12)C(NC(=O)N1CCN(c2ccccc2)CC1)C(=O)Nc1cc(CN(C)C)ccc1-c1ccsc1. The van der Waals surface area contributed by atoms with Crippen molar-refractivity contribution >= 4 is 45.6 Å². The van der Waals surface area contributed by atoms with Gasteiger partial charge in [0.1, 0.15) is 6.04 Å². The molecule has 0 bridgehead atoms. The van der Waals surface area contributed by atoms with Crippen LogP contribution in [-0.2, 0) is 11.3 Å². The molecular weight excluding hydrogens is 581 g/mol. The quantitative estimate of drug-likeness (QED) is 0.173. The molecule has 2 atom stereocenters. The van der Waals surface area contributed by atoms with Gasteiger partial charge in [0, 0.05) is 72.7 Å². The molecule has 5 aromatic rings. The van der Waals surface area contributed by atoms with Crippen LogP contribution in [0.3, 0.4) is 0 Å². The number of aromatic nitrogens is 1. The van der Waals surface area contributed by atoms with Crippen LogP contribution in [0.25, 0.3) is 22.0 Å². The van der Waals surface area contributed by atoms with Crippen molar-refractivity contribution in [3.63, 3.8) is 0 Å². The number of aromatic amines is 1. The van der Waals surface area contributed by atoms with Crippen molar-refractivity contribution in [1.29, 1.82) is 0 Å². The summed E-state index contributed by atoms with van der Waals surface area (Å²) in [6.45, 7) is 5.37. The minimum atomic E-state index is -0.809. The number of carbonyl (C=O) groups is 2. The van der Waals surface area contributed by atoms with E-state index in [1.807, 2.05) is 80.0 Å². The van der Waals surface area contributed by atoms with E-state index in [-0.39, 0.29) is 17.9 Å². The van der Waals surface area contributed by atoms with Crippen LogP contribution in [0.15, 0.2) is 95.8 Å². The maximum absolute atomic E-state index is 14.3. The highest BCUT2D eigenvalue weighted by molar-refractivity contribution is 7.08. The first kappa shape index (κ1) is 30.4. The summed E-state index contributed by atoms with van der Waals surface area (Å²) >= 11 is 1.62. The van der Waals surface area contributed by atoms with Gasteiger partial charge in [-0.1, -0.05) is 55.5 Å². The molecule has 9 heteroatoms. The summed E-state index contributed by atoms with van der Waals surface area (Å²) in [4.78, 5) is 37.6. The highest BCUT2D eigenvalue weighted by atomic mass is 32.1. The summed E-state index contributed by atoms with van der Waals surface area (Å²) in [5.41, 5.74) is 6.97. The largest absolute Gasteiger partial charge is 0.368 e. The van der Waals surface area contributed by atoms with Crippen molar-refractivity contribution in [2.24, 2.45) is 0 Å². The normalized spacial score (nSPS) is 14.8. The zero-order valence-electron chi connectivity index (χ0n) is 26.0. The molecule has 6 rings (SSSR count). The number of urea groups is 1. The number of nitrogens with zero attached hydrogens (tertiary/aromatic N) is 3. The van der Waals surface area contributed by atoms with Crippen molar-refractivity contribution < 1.29 is 9.59 Å². The Kier molecular flexibility index (Phi) is 9.18. The Morgan fingerprint density at radius 1 is 0.956 bits per heavy atom. The minimum Gasteiger partial charge on any atom is -0.368 e. The molecule has 3 N–H and O–H groups in total. The van der Waals surface area contributed by atoms with E-state index in [4.69, 9.17) is 0 Å². The lowest BCUT2D eigenvalue weighted by molar-refractivity contribution is -0.118. The predicted molar refractivity (Wildman–Crippen MR) is 185 cm³/mol. The standard InChI is InChI=1S/C36H40N6O2S/c1-25(31-22-37-32-12-8-7-11-30(31)32)34(39-36(44)42-18-16-41(17-19-42)28-9-5-4-6-10-28)35(43)38-33-21-26(23-40(2)3)13-14-29(33)27-15-20-45-24-27/h4-15,20-22,24-25,34,37H,16-19,23H2,1-3H3,(H,38,43)(H,39,44). The zero-order chi connectivity index (χ0) is 31.3. The van der Waals surface area contributed by atoms with E-state index in [0.717, 1.165) is 64.2 Å². The van der Waals surface area contributed by atoms with Crippen LogP contribution in [-0.4, -0.2) is 73.0 Å². The second kappa shape index (κ2) is 13.6. The molecule has 1 fully saturated rings. The van der Waals surface area contributed by atoms with Gasteiger partial charge in [0.15, 0.2) is 0 Å². The molecule has 1 aliphatic rings. The Morgan fingerprint density at radius 3 is 2.44 bits per heavy atom. The van der Waals surface area contributed by atoms with Crippen molar-refractivity contribution in [3.8, 4) is 11.1 Å². The number of para-hydroxylation sites is 2. The third-order valence-electron chi connectivity index (χ3n) is 8.53. The van der Waals surface area contributed by atoms with Gasteiger partial charge in [0.25, 0.3) is 0 Å². The summed E-state index contributed by atoms with van der Waals surface area (Å²) in [6, 6.07) is 25.6. The highest BCUT2D eigenvalue weighted by Gasteiger charge is 2.32. The van der Waals surface area contributed by atoms with Crippen molar-refractivity contribution in [1.82, 2.24) is 20.1 Å². The van der Waals surface area contributed by atoms with Crippen molar-refractivity contribution in [2.45, 2.75) is 25.4 Å². The number of hydrogen-bond donors (Lipinski definition) is 3. The van der Waals surface area contributed by atoms with Gasteiger partial charge >= 0.3 is 6.03 Å². The van der Waals surface area contributed by atoms with Gasteiger partial charge in [-0.3, -0.25) is 4.79 Å². The number of H-pyrrole nitrogens is 1. The maximum Gasteiger partial charge on any atom is 0.318 e. The number of benzene rings is 3. The maximum atomic E-state index is 14.3. The van der Waals surface area contributed by atoms with Crippen LogP contribution in [0, 0.1) is 0 Å². The van der Waals surface area contributed by atoms with Crippen LogP contribution in [0.4, 0.5) is 16.2 Å². The lowest BCUT2D eigenvalue weighted by Gasteiger charge is -2.37. The number of anilines is 2. The van der Waals surface area contributed by atoms with Gasteiger partial charge in [-0.05, 0) is 71.9 Å². The molecule has 2 unspecified atom stereocenters. The van der Waals surface area contributed by atoms with Gasteiger partial charge in [-0.2, -0.15) is 11.3 Å². The molecule has 3 aromatic carbocycles. The Labute approximate surface area is 268 Å². The topological polar surface area (TPSA) is 83.7 Å². The molecule has 0 radical (unpaired) electrons. The average molecular weight is 621 g/mol. The number of amides is 3. The molecule has 0 spiro atoms. The number of carbonyl (C=O) groups excluding carboxylic acids is 2. The van der Waals surface area contributed by atoms with Crippen LogP contribution in [0.2, 0.25) is 0 Å². The van der Waals surface area contributed by atoms with Gasteiger partial charge in [-0.25, -0.2) is 4.79 Å². The van der Waals surface area contributed by atoms with E-state index < -0.39 is 6.04 Å². The third-order valence-corrected chi connectivity index (χ3v) is 9.22. The Bertz CT molecular complexity index is 1740. The molecule has 232 valence electrons. The van der Waals surface area contributed by atoms with E-state index in [0.29, 0.717) is 13.1 Å². The van der Waals surface area contributed by atoms with Gasteiger partial charge in [0.2, 0.25) is 5.91 Å². The molecular formula is C36H40N6O2S. The Balaban J connectivity index is 1.27. The Morgan fingerprint density at radius 2 is 1.71 bits per heavy atom. The molecule has 1 saturated heterocycles. The molecule has 1 aliphatic heterocycles. The van der Waals surface area contributed by atoms with E-state index in [2.05, 4.69) is 67.2 Å². The molecule has 45 heavy (non-hydrogen) atoms. The lowest BCUT2D eigenvalue weighted by atomic mass is 9.92. The molecule has 0 saturated carbocycles. The van der Waals surface area contributed by atoms with Crippen LogP contribution >= 0.6 is 11.3 Å². The minimum absolute atomic E-state index is 0.228. The highest BCUT2D eigenvalue weighted by Crippen LogP contribution is 2.33. The van der Waals surface area contributed by atoms with E-state index >= 15 is 0 Å². The summed E-state index contributed by atoms with van der Waals surface area (Å²) in [7, 11) is 4.05. The van der Waals surface area contributed by atoms with E-state index in [1.54, 1.807) is 11.3 Å². The van der Waals surface area contributed by atoms with Gasteiger partial charge in [0.05, 0.1) is 0 Å². The van der Waals surface area contributed by atoms with Crippen molar-refractivity contribution in [2.75, 3.05) is 50.5 Å². The molecule has 3 amide bonds. The summed E-state index contributed by atoms with van der Waals surface area (Å²) in [5.74, 6) is -0.548. The first-order valence-electron chi connectivity index (χ1n) is 15.4. The average Bonchev–Trinajstić information content (AvgIpc) is 3.74. The fraction of sp³-hybridized carbons (Fsp3) is 0.278. The lowest BCUT2D eigenvalue weighted by Crippen LogP contribution is -2.56. The summed E-state index contributed by atoms with van der Waals surface area (Å²) in [6.07, 6.45) is 1.95. The number of hydrogen-bond acceptors (Lipinski definition) is 5. The second-order valence-corrected chi connectivity index (χ2v) is 12.7. The van der Waals surface area contributed by atoms with Crippen LogP contribution in [0.1, 0.15) is 24.0 Å². The number of fused-ring (bicyclic) bond motifs is 1.